The molecule has 0 spiro atoms. The Morgan fingerprint density at radius 2 is 1.68 bits per heavy atom. The number of rotatable bonds is 6. The van der Waals surface area contributed by atoms with Crippen molar-refractivity contribution in [1.82, 2.24) is 4.98 Å². The second kappa shape index (κ2) is 9.15. The Morgan fingerprint density at radius 3 is 2.44 bits per heavy atom. The number of furan rings is 1. The number of fused-ring (bicyclic) bond motifs is 1. The van der Waals surface area contributed by atoms with E-state index in [2.05, 4.69) is 30.4 Å². The summed E-state index contributed by atoms with van der Waals surface area (Å²) in [5.74, 6) is 1.31. The zero-order valence-corrected chi connectivity index (χ0v) is 20.0. The fourth-order valence-electron chi connectivity index (χ4n) is 3.79. The lowest BCUT2D eigenvalue weighted by Crippen LogP contribution is -2.10. The molecule has 0 saturated carbocycles. The van der Waals surface area contributed by atoms with Crippen molar-refractivity contribution in [3.8, 4) is 16.3 Å². The van der Waals surface area contributed by atoms with Gasteiger partial charge < -0.3 is 14.5 Å². The van der Waals surface area contributed by atoms with Gasteiger partial charge in [0, 0.05) is 11.3 Å². The molecule has 0 aliphatic carbocycles. The molecule has 0 fully saturated rings. The van der Waals surface area contributed by atoms with E-state index in [9.17, 15) is 4.79 Å². The summed E-state index contributed by atoms with van der Waals surface area (Å²) < 4.78 is 12.7. The summed E-state index contributed by atoms with van der Waals surface area (Å²) in [5, 5.41) is 3.84. The van der Waals surface area contributed by atoms with Crippen molar-refractivity contribution in [2.45, 2.75) is 27.4 Å². The lowest BCUT2D eigenvalue weighted by atomic mass is 10.1. The molecule has 0 aliphatic rings. The van der Waals surface area contributed by atoms with Gasteiger partial charge in [0.2, 0.25) is 0 Å². The van der Waals surface area contributed by atoms with E-state index < -0.39 is 0 Å². The van der Waals surface area contributed by atoms with Gasteiger partial charge in [-0.2, -0.15) is 0 Å². The van der Waals surface area contributed by atoms with E-state index in [1.807, 2.05) is 56.3 Å². The summed E-state index contributed by atoms with van der Waals surface area (Å²) in [7, 11) is 0. The van der Waals surface area contributed by atoms with E-state index in [1.165, 1.54) is 10.3 Å². The van der Waals surface area contributed by atoms with Gasteiger partial charge >= 0.3 is 0 Å². The van der Waals surface area contributed by atoms with Gasteiger partial charge in [0.1, 0.15) is 23.1 Å². The van der Waals surface area contributed by atoms with Crippen molar-refractivity contribution in [3.05, 3.63) is 101 Å². The van der Waals surface area contributed by atoms with Crippen LogP contribution in [0.15, 0.2) is 77.2 Å². The van der Waals surface area contributed by atoms with Crippen LogP contribution in [0.5, 0.6) is 5.75 Å². The van der Waals surface area contributed by atoms with Crippen LogP contribution in [0.1, 0.15) is 33.0 Å². The first-order valence-corrected chi connectivity index (χ1v) is 11.8. The average Bonchev–Trinajstić information content (AvgIpc) is 3.44. The van der Waals surface area contributed by atoms with Gasteiger partial charge in [-0.1, -0.05) is 12.1 Å². The van der Waals surface area contributed by atoms with Crippen molar-refractivity contribution in [2.24, 2.45) is 0 Å². The molecule has 2 heterocycles. The Morgan fingerprint density at radius 1 is 0.912 bits per heavy atom. The van der Waals surface area contributed by atoms with Gasteiger partial charge in [-0.15, -0.1) is 11.3 Å². The molecule has 0 atom stereocenters. The maximum atomic E-state index is 12.6. The largest absolute Gasteiger partial charge is 0.486 e. The topological polar surface area (TPSA) is 64.4 Å². The monoisotopic (exact) mass is 468 g/mol. The van der Waals surface area contributed by atoms with Crippen LogP contribution in [-0.2, 0) is 6.61 Å². The Hall–Kier alpha value is -3.90. The molecule has 5 aromatic rings. The van der Waals surface area contributed by atoms with Crippen molar-refractivity contribution < 1.29 is 13.9 Å². The first kappa shape index (κ1) is 21.9. The molecule has 0 unspecified atom stereocenters. The van der Waals surface area contributed by atoms with E-state index in [-0.39, 0.29) is 18.3 Å². The summed E-state index contributed by atoms with van der Waals surface area (Å²) in [6.07, 6.45) is 0. The lowest BCUT2D eigenvalue weighted by Gasteiger charge is -2.07. The zero-order chi connectivity index (χ0) is 23.7. The number of ether oxygens (including phenoxy) is 1. The minimum absolute atomic E-state index is 0.240. The highest BCUT2D eigenvalue weighted by Gasteiger charge is 2.13. The maximum absolute atomic E-state index is 12.6. The molecule has 0 radical (unpaired) electrons. The summed E-state index contributed by atoms with van der Waals surface area (Å²) in [6, 6.07) is 23.4. The van der Waals surface area contributed by atoms with E-state index in [4.69, 9.17) is 14.1 Å². The molecule has 0 aliphatic heterocycles. The van der Waals surface area contributed by atoms with Crippen LogP contribution < -0.4 is 10.1 Å². The van der Waals surface area contributed by atoms with Gasteiger partial charge in [0.05, 0.1) is 10.2 Å². The predicted molar refractivity (Wildman–Crippen MR) is 137 cm³/mol. The predicted octanol–water partition coefficient (Wildman–Crippen LogP) is 7.31. The Balaban J connectivity index is 1.22. The fraction of sp³-hybridized carbons (Fsp3) is 0.143. The third-order valence-corrected chi connectivity index (χ3v) is 6.46. The molecule has 170 valence electrons. The van der Waals surface area contributed by atoms with Crippen molar-refractivity contribution in [2.75, 3.05) is 5.32 Å². The number of amides is 1. The van der Waals surface area contributed by atoms with E-state index >= 15 is 0 Å². The van der Waals surface area contributed by atoms with Crippen molar-refractivity contribution in [1.29, 1.82) is 0 Å². The van der Waals surface area contributed by atoms with Crippen LogP contribution in [0.4, 0.5) is 5.69 Å². The Kier molecular flexibility index (Phi) is 5.90. The molecule has 0 saturated heterocycles. The third-order valence-electron chi connectivity index (χ3n) is 5.40. The Labute approximate surface area is 202 Å². The zero-order valence-electron chi connectivity index (χ0n) is 19.2. The van der Waals surface area contributed by atoms with E-state index in [1.54, 1.807) is 23.5 Å². The number of aryl methyl sites for hydroxylation is 3. The molecule has 34 heavy (non-hydrogen) atoms. The van der Waals surface area contributed by atoms with E-state index in [0.29, 0.717) is 11.4 Å². The molecule has 5 rings (SSSR count). The normalized spacial score (nSPS) is 11.0. The highest BCUT2D eigenvalue weighted by molar-refractivity contribution is 7.21. The standard InChI is InChI=1S/C28H24N2O3S/c1-17-4-10-24-26(15-17)34-28(30-24)20-5-7-21(8-6-20)29-27(31)25-11-9-22(33-25)16-32-23-13-18(2)12-19(3)14-23/h4-15H,16H2,1-3H3,(H,29,31). The summed E-state index contributed by atoms with van der Waals surface area (Å²) in [6.45, 7) is 6.39. The van der Waals surface area contributed by atoms with Crippen LogP contribution >= 0.6 is 11.3 Å². The molecule has 1 N–H and O–H groups in total. The minimum Gasteiger partial charge on any atom is -0.486 e. The second-order valence-corrected chi connectivity index (χ2v) is 9.43. The average molecular weight is 469 g/mol. The molecular formula is C28H24N2O3S. The fourth-order valence-corrected chi connectivity index (χ4v) is 4.86. The molecule has 0 bridgehead atoms. The van der Waals surface area contributed by atoms with Crippen LogP contribution in [0.2, 0.25) is 0 Å². The van der Waals surface area contributed by atoms with Crippen molar-refractivity contribution in [3.63, 3.8) is 0 Å². The van der Waals surface area contributed by atoms with Gasteiger partial charge in [-0.25, -0.2) is 4.98 Å². The molecule has 6 heteroatoms. The Bertz CT molecular complexity index is 1460. The van der Waals surface area contributed by atoms with Gasteiger partial charge in [-0.3, -0.25) is 4.79 Å². The van der Waals surface area contributed by atoms with Crippen LogP contribution in [0.3, 0.4) is 0 Å². The van der Waals surface area contributed by atoms with Gasteiger partial charge in [0.15, 0.2) is 5.76 Å². The number of hydrogen-bond acceptors (Lipinski definition) is 5. The van der Waals surface area contributed by atoms with Crippen LogP contribution in [0, 0.1) is 20.8 Å². The SMILES string of the molecule is Cc1cc(C)cc(OCc2ccc(C(=O)Nc3ccc(-c4nc5ccc(C)cc5s4)cc3)o2)c1. The number of carbonyl (C=O) groups excluding carboxylic acids is 1. The molecule has 2 aromatic heterocycles. The van der Waals surface area contributed by atoms with Crippen LogP contribution in [0.25, 0.3) is 20.8 Å². The summed E-state index contributed by atoms with van der Waals surface area (Å²) in [4.78, 5) is 17.4. The number of benzene rings is 3. The van der Waals surface area contributed by atoms with E-state index in [0.717, 1.165) is 33.0 Å². The number of anilines is 1. The first-order chi connectivity index (χ1) is 16.4. The number of aromatic nitrogens is 1. The highest BCUT2D eigenvalue weighted by Crippen LogP contribution is 2.31. The molecular weight excluding hydrogens is 444 g/mol. The number of nitrogens with one attached hydrogen (secondary N) is 1. The van der Waals surface area contributed by atoms with Crippen LogP contribution in [-0.4, -0.2) is 10.9 Å². The summed E-state index contributed by atoms with van der Waals surface area (Å²) >= 11 is 1.66. The highest BCUT2D eigenvalue weighted by atomic mass is 32.1. The molecule has 1 amide bonds. The lowest BCUT2D eigenvalue weighted by molar-refractivity contribution is 0.0992. The molecule has 5 nitrogen and oxygen atoms in total. The smallest absolute Gasteiger partial charge is 0.291 e. The first-order valence-electron chi connectivity index (χ1n) is 11.0. The van der Waals surface area contributed by atoms with Crippen molar-refractivity contribution >= 4 is 33.1 Å². The number of nitrogens with zero attached hydrogens (tertiary/aromatic N) is 1. The second-order valence-electron chi connectivity index (χ2n) is 8.40. The summed E-state index contributed by atoms with van der Waals surface area (Å²) in [5.41, 5.74) is 6.20. The molecule has 3 aromatic carbocycles. The van der Waals surface area contributed by atoms with Gasteiger partial charge in [-0.05, 0) is 98.1 Å². The quantitative estimate of drug-likeness (QED) is 0.284. The minimum atomic E-state index is -0.305. The number of thiazole rings is 1. The third kappa shape index (κ3) is 4.87. The maximum Gasteiger partial charge on any atom is 0.291 e. The van der Waals surface area contributed by atoms with Gasteiger partial charge in [0.25, 0.3) is 5.91 Å². The number of hydrogen-bond donors (Lipinski definition) is 1. The number of carbonyl (C=O) groups is 1.